The number of unbranched alkanes of at least 4 members (excludes halogenated alkanes) is 11. The number of rotatable bonds is 24. The summed E-state index contributed by atoms with van der Waals surface area (Å²) in [7, 11) is 1.71. The van der Waals surface area contributed by atoms with Gasteiger partial charge < -0.3 is 20.1 Å². The van der Waals surface area contributed by atoms with E-state index in [0.29, 0.717) is 31.9 Å². The summed E-state index contributed by atoms with van der Waals surface area (Å²) in [6.45, 7) is 5.20. The maximum Gasteiger partial charge on any atom is 0.220 e. The van der Waals surface area contributed by atoms with E-state index >= 15 is 0 Å². The van der Waals surface area contributed by atoms with Crippen molar-refractivity contribution in [3.63, 3.8) is 0 Å². The lowest BCUT2D eigenvalue weighted by Crippen LogP contribution is -2.23. The van der Waals surface area contributed by atoms with Gasteiger partial charge in [0.15, 0.2) is 0 Å². The predicted octanol–water partition coefficient (Wildman–Crippen LogP) is 10.4. The molecule has 3 rings (SSSR count). The molecule has 0 saturated heterocycles. The first-order chi connectivity index (χ1) is 22.2. The number of carbonyl (C=O) groups excluding carboxylic acids is 1. The summed E-state index contributed by atoms with van der Waals surface area (Å²) in [5.74, 6) is 2.40. The van der Waals surface area contributed by atoms with Gasteiger partial charge in [-0.15, -0.1) is 0 Å². The number of benzene rings is 2. The number of amides is 1. The second-order valence-corrected chi connectivity index (χ2v) is 13.2. The van der Waals surface area contributed by atoms with E-state index in [1.807, 2.05) is 12.1 Å². The highest BCUT2D eigenvalue weighted by molar-refractivity contribution is 5.75. The molecule has 0 atom stereocenters. The van der Waals surface area contributed by atoms with Crippen LogP contribution < -0.4 is 20.1 Å². The van der Waals surface area contributed by atoms with Gasteiger partial charge in [0, 0.05) is 31.1 Å². The number of hydrogen-bond acceptors (Lipinski definition) is 4. The lowest BCUT2D eigenvalue weighted by atomic mass is 9.91. The fourth-order valence-electron chi connectivity index (χ4n) is 6.51. The molecule has 0 unspecified atom stereocenters. The number of methoxy groups -OCH3 is 1. The molecule has 0 aliphatic heterocycles. The van der Waals surface area contributed by atoms with Gasteiger partial charge in [-0.2, -0.15) is 0 Å². The van der Waals surface area contributed by atoms with Crippen LogP contribution in [0, 0.1) is 0 Å². The van der Waals surface area contributed by atoms with Crippen LogP contribution in [0.25, 0.3) is 0 Å². The van der Waals surface area contributed by atoms with Crippen molar-refractivity contribution in [2.45, 2.75) is 154 Å². The third-order valence-corrected chi connectivity index (χ3v) is 9.39. The van der Waals surface area contributed by atoms with Crippen molar-refractivity contribution in [1.82, 2.24) is 10.6 Å². The molecular weight excluding hydrogens is 556 g/mol. The van der Waals surface area contributed by atoms with Gasteiger partial charge in [-0.05, 0) is 55.3 Å². The third-order valence-electron chi connectivity index (χ3n) is 9.39. The zero-order chi connectivity index (χ0) is 31.8. The van der Waals surface area contributed by atoms with Crippen LogP contribution in [0.4, 0.5) is 0 Å². The zero-order valence-electron chi connectivity index (χ0n) is 28.8. The van der Waals surface area contributed by atoms with Gasteiger partial charge in [0.25, 0.3) is 0 Å². The summed E-state index contributed by atoms with van der Waals surface area (Å²) in [6, 6.07) is 14.9. The number of ether oxygens (including phenoxy) is 2. The average Bonchev–Trinajstić information content (AvgIpc) is 3.36. The lowest BCUT2D eigenvalue weighted by Gasteiger charge is -2.15. The van der Waals surface area contributed by atoms with Gasteiger partial charge in [0.1, 0.15) is 11.5 Å². The smallest absolute Gasteiger partial charge is 0.220 e. The summed E-state index contributed by atoms with van der Waals surface area (Å²) in [5.41, 5.74) is 3.76. The zero-order valence-corrected chi connectivity index (χ0v) is 28.8. The monoisotopic (exact) mass is 620 g/mol. The Labute approximate surface area is 275 Å². The fraction of sp³-hybridized carbons (Fsp3) is 0.675. The van der Waals surface area contributed by atoms with E-state index < -0.39 is 0 Å². The van der Waals surface area contributed by atoms with Gasteiger partial charge in [-0.25, -0.2) is 0 Å². The van der Waals surface area contributed by atoms with Crippen molar-refractivity contribution in [3.05, 3.63) is 59.2 Å². The molecule has 1 saturated carbocycles. The van der Waals surface area contributed by atoms with Crippen LogP contribution in [0.3, 0.4) is 0 Å². The maximum absolute atomic E-state index is 12.4. The summed E-state index contributed by atoms with van der Waals surface area (Å²) >= 11 is 0. The Bertz CT molecular complexity index is 1030. The van der Waals surface area contributed by atoms with E-state index in [1.165, 1.54) is 121 Å². The first-order valence-electron chi connectivity index (χ1n) is 18.6. The van der Waals surface area contributed by atoms with E-state index in [0.717, 1.165) is 35.7 Å². The largest absolute Gasteiger partial charge is 0.496 e. The van der Waals surface area contributed by atoms with Crippen LogP contribution in [0.2, 0.25) is 0 Å². The average molecular weight is 621 g/mol. The molecule has 1 fully saturated rings. The van der Waals surface area contributed by atoms with Crippen LogP contribution in [0.1, 0.15) is 158 Å². The molecule has 1 aliphatic carbocycles. The lowest BCUT2D eigenvalue weighted by molar-refractivity contribution is -0.121. The molecule has 45 heavy (non-hydrogen) atoms. The molecule has 2 aromatic rings. The molecule has 0 bridgehead atoms. The molecule has 0 heterocycles. The minimum absolute atomic E-state index is 0.0682. The van der Waals surface area contributed by atoms with Crippen molar-refractivity contribution in [2.75, 3.05) is 20.3 Å². The highest BCUT2D eigenvalue weighted by Gasteiger charge is 2.14. The van der Waals surface area contributed by atoms with E-state index in [-0.39, 0.29) is 5.91 Å². The van der Waals surface area contributed by atoms with Gasteiger partial charge in [-0.3, -0.25) is 4.79 Å². The number of hydrogen-bond donors (Lipinski definition) is 2. The van der Waals surface area contributed by atoms with E-state index in [9.17, 15) is 4.79 Å². The van der Waals surface area contributed by atoms with Gasteiger partial charge >= 0.3 is 0 Å². The van der Waals surface area contributed by atoms with E-state index in [2.05, 4.69) is 47.9 Å². The van der Waals surface area contributed by atoms with E-state index in [1.54, 1.807) is 7.11 Å². The SMILES string of the molecule is CCCCCCCCCCCCCCNCc1ccc(OCCCC(=O)NCc2ccc(C3CCCCCC3)cc2)cc1OC. The van der Waals surface area contributed by atoms with Crippen LogP contribution in [0.15, 0.2) is 42.5 Å². The second-order valence-electron chi connectivity index (χ2n) is 13.2. The summed E-state index contributed by atoms with van der Waals surface area (Å²) < 4.78 is 11.6. The first-order valence-corrected chi connectivity index (χ1v) is 18.6. The molecule has 2 aromatic carbocycles. The molecule has 5 nitrogen and oxygen atoms in total. The molecule has 0 spiro atoms. The van der Waals surface area contributed by atoms with Gasteiger partial charge in [-0.1, -0.05) is 134 Å². The molecule has 1 aliphatic rings. The summed E-state index contributed by atoms with van der Waals surface area (Å²) in [6.07, 6.45) is 25.7. The van der Waals surface area contributed by atoms with Crippen molar-refractivity contribution >= 4 is 5.91 Å². The Morgan fingerprint density at radius 3 is 2.04 bits per heavy atom. The Balaban J connectivity index is 1.21. The minimum Gasteiger partial charge on any atom is -0.496 e. The number of carbonyl (C=O) groups is 1. The Morgan fingerprint density at radius 1 is 0.756 bits per heavy atom. The van der Waals surface area contributed by atoms with Crippen LogP contribution in [-0.2, 0) is 17.9 Å². The van der Waals surface area contributed by atoms with Crippen molar-refractivity contribution in [2.24, 2.45) is 0 Å². The van der Waals surface area contributed by atoms with Crippen molar-refractivity contribution < 1.29 is 14.3 Å². The summed E-state index contributed by atoms with van der Waals surface area (Å²) in [4.78, 5) is 12.4. The molecule has 5 heteroatoms. The Morgan fingerprint density at radius 2 is 1.40 bits per heavy atom. The first kappa shape index (κ1) is 36.9. The van der Waals surface area contributed by atoms with Crippen molar-refractivity contribution in [1.29, 1.82) is 0 Å². The van der Waals surface area contributed by atoms with E-state index in [4.69, 9.17) is 9.47 Å². The molecule has 1 amide bonds. The standard InChI is InChI=1S/C40H64N2O3/c1-3-4-5-6-7-8-9-10-11-12-15-18-29-41-33-37-27-28-38(31-39(37)44-2)45-30-19-22-40(43)42-32-34-23-25-36(26-24-34)35-20-16-13-14-17-21-35/h23-28,31,35,41H,3-22,29-30,32-33H2,1-2H3,(H,42,43). The minimum atomic E-state index is 0.0682. The third kappa shape index (κ3) is 16.0. The summed E-state index contributed by atoms with van der Waals surface area (Å²) in [5, 5.41) is 6.64. The Kier molecular flexibility index (Phi) is 19.5. The van der Waals surface area contributed by atoms with Crippen molar-refractivity contribution in [3.8, 4) is 11.5 Å². The number of nitrogens with one attached hydrogen (secondary N) is 2. The maximum atomic E-state index is 12.4. The molecular formula is C40H64N2O3. The topological polar surface area (TPSA) is 59.6 Å². The molecule has 2 N–H and O–H groups in total. The van der Waals surface area contributed by atoms with Gasteiger partial charge in [0.05, 0.1) is 13.7 Å². The highest BCUT2D eigenvalue weighted by atomic mass is 16.5. The highest BCUT2D eigenvalue weighted by Crippen LogP contribution is 2.31. The fourth-order valence-corrected chi connectivity index (χ4v) is 6.51. The predicted molar refractivity (Wildman–Crippen MR) is 189 cm³/mol. The Hall–Kier alpha value is -2.53. The second kappa shape index (κ2) is 23.8. The molecule has 0 radical (unpaired) electrons. The molecule has 252 valence electrons. The van der Waals surface area contributed by atoms with Crippen LogP contribution in [0.5, 0.6) is 11.5 Å². The molecule has 0 aromatic heterocycles. The van der Waals surface area contributed by atoms with Crippen LogP contribution in [-0.4, -0.2) is 26.2 Å². The van der Waals surface area contributed by atoms with Gasteiger partial charge in [0.2, 0.25) is 5.91 Å². The quantitative estimate of drug-likeness (QED) is 0.0905. The normalized spacial score (nSPS) is 13.8. The van der Waals surface area contributed by atoms with Crippen LogP contribution >= 0.6 is 0 Å².